The highest BCUT2D eigenvalue weighted by Gasteiger charge is 2.18. The number of sulfone groups is 1. The van der Waals surface area contributed by atoms with E-state index in [4.69, 9.17) is 14.9 Å². The molecule has 0 aliphatic rings. The van der Waals surface area contributed by atoms with E-state index in [1.807, 2.05) is 25.0 Å². The van der Waals surface area contributed by atoms with E-state index in [-0.39, 0.29) is 21.1 Å². The van der Waals surface area contributed by atoms with Gasteiger partial charge in [-0.2, -0.15) is 0 Å². The van der Waals surface area contributed by atoms with Gasteiger partial charge in [0.2, 0.25) is 9.84 Å². The van der Waals surface area contributed by atoms with Gasteiger partial charge in [0.05, 0.1) is 28.2 Å². The first-order chi connectivity index (χ1) is 17.3. The van der Waals surface area contributed by atoms with Crippen molar-refractivity contribution >= 4 is 27.1 Å². The molecule has 0 radical (unpaired) electrons. The van der Waals surface area contributed by atoms with Crippen LogP contribution in [-0.4, -0.2) is 27.2 Å². The fourth-order valence-electron chi connectivity index (χ4n) is 3.52. The molecular weight excluding hydrogens is 474 g/mol. The second kappa shape index (κ2) is 10.4. The Labute approximate surface area is 209 Å². The zero-order chi connectivity index (χ0) is 25.7. The molecule has 0 atom stereocenters. The van der Waals surface area contributed by atoms with Gasteiger partial charge in [-0.3, -0.25) is 5.41 Å². The molecule has 0 unspecified atom stereocenters. The summed E-state index contributed by atoms with van der Waals surface area (Å²) in [5, 5.41) is 8.44. The minimum Gasteiger partial charge on any atom is -0.497 e. The topological polar surface area (TPSA) is 93.5 Å². The fourth-order valence-corrected chi connectivity index (χ4v) is 4.78. The Morgan fingerprint density at radius 1 is 0.694 bits per heavy atom. The van der Waals surface area contributed by atoms with Crippen molar-refractivity contribution in [2.75, 3.05) is 7.11 Å². The molecule has 0 heterocycles. The summed E-state index contributed by atoms with van der Waals surface area (Å²) in [5.41, 5.74) is 2.47. The lowest BCUT2D eigenvalue weighted by Gasteiger charge is -2.10. The van der Waals surface area contributed by atoms with Crippen molar-refractivity contribution in [3.8, 4) is 17.2 Å². The summed E-state index contributed by atoms with van der Waals surface area (Å²) < 4.78 is 36.7. The van der Waals surface area contributed by atoms with Crippen LogP contribution in [0.2, 0.25) is 0 Å². The SMILES string of the molecule is COc1ccc(S(=O)(=O)c2ccc(Oc3ccc(C(=N)C(=C=O)c4ccc(C)cc4)cc3)cc2)cc1. The Morgan fingerprint density at radius 2 is 1.14 bits per heavy atom. The van der Waals surface area contributed by atoms with Gasteiger partial charge in [-0.05, 0) is 85.3 Å². The molecule has 1 N–H and O–H groups in total. The Morgan fingerprint density at radius 3 is 1.61 bits per heavy atom. The van der Waals surface area contributed by atoms with Crippen molar-refractivity contribution in [2.24, 2.45) is 0 Å². The van der Waals surface area contributed by atoms with E-state index in [1.165, 1.54) is 31.4 Å². The highest BCUT2D eigenvalue weighted by atomic mass is 32.2. The van der Waals surface area contributed by atoms with Gasteiger partial charge < -0.3 is 9.47 Å². The smallest absolute Gasteiger partial charge is 0.206 e. The van der Waals surface area contributed by atoms with Crippen molar-refractivity contribution in [3.63, 3.8) is 0 Å². The third kappa shape index (κ3) is 5.28. The van der Waals surface area contributed by atoms with E-state index in [0.29, 0.717) is 28.4 Å². The summed E-state index contributed by atoms with van der Waals surface area (Å²) in [6.45, 7) is 1.95. The van der Waals surface area contributed by atoms with Gasteiger partial charge in [0, 0.05) is 5.56 Å². The molecule has 0 aromatic heterocycles. The molecule has 0 aliphatic carbocycles. The number of carbonyl (C=O) groups excluding carboxylic acids is 1. The van der Waals surface area contributed by atoms with Gasteiger partial charge in [-0.15, -0.1) is 0 Å². The number of aryl methyl sites for hydroxylation is 1. The van der Waals surface area contributed by atoms with Crippen LogP contribution in [0.25, 0.3) is 5.57 Å². The maximum absolute atomic E-state index is 12.9. The van der Waals surface area contributed by atoms with Gasteiger partial charge in [-0.1, -0.05) is 29.8 Å². The van der Waals surface area contributed by atoms with Gasteiger partial charge in [-0.25, -0.2) is 13.2 Å². The molecule has 36 heavy (non-hydrogen) atoms. The van der Waals surface area contributed by atoms with Crippen LogP contribution >= 0.6 is 0 Å². The summed E-state index contributed by atoms with van der Waals surface area (Å²) in [6, 6.07) is 26.4. The first kappa shape index (κ1) is 24.7. The highest BCUT2D eigenvalue weighted by molar-refractivity contribution is 7.91. The Balaban J connectivity index is 1.47. The summed E-state index contributed by atoms with van der Waals surface area (Å²) in [5.74, 6) is 3.42. The molecule has 7 heteroatoms. The highest BCUT2D eigenvalue weighted by Crippen LogP contribution is 2.28. The zero-order valence-corrected chi connectivity index (χ0v) is 20.5. The molecule has 0 aliphatic heterocycles. The number of allylic oxidation sites excluding steroid dienone is 1. The summed E-state index contributed by atoms with van der Waals surface area (Å²) in [6.07, 6.45) is 0. The third-order valence-electron chi connectivity index (χ3n) is 5.57. The quantitative estimate of drug-likeness (QED) is 0.241. The standard InChI is InChI=1S/C29H23NO5S/c1-20-3-5-21(6-4-20)28(19-31)29(30)22-7-9-24(10-8-22)35-25-13-17-27(18-14-25)36(32,33)26-15-11-23(34-2)12-16-26/h3-18,30H,1-2H3. The molecule has 4 rings (SSSR count). The molecule has 6 nitrogen and oxygen atoms in total. The van der Waals surface area contributed by atoms with Crippen LogP contribution in [0.3, 0.4) is 0 Å². The number of hydrogen-bond donors (Lipinski definition) is 1. The molecular formula is C29H23NO5S. The Bertz CT molecular complexity index is 1530. The van der Waals surface area contributed by atoms with E-state index < -0.39 is 9.84 Å². The molecule has 0 spiro atoms. The summed E-state index contributed by atoms with van der Waals surface area (Å²) >= 11 is 0. The number of benzene rings is 4. The molecule has 0 saturated heterocycles. The minimum absolute atomic E-state index is 0.0634. The van der Waals surface area contributed by atoms with Crippen molar-refractivity contribution in [1.82, 2.24) is 0 Å². The summed E-state index contributed by atoms with van der Waals surface area (Å²) in [7, 11) is -2.15. The number of rotatable bonds is 8. The van der Waals surface area contributed by atoms with E-state index >= 15 is 0 Å². The van der Waals surface area contributed by atoms with Crippen molar-refractivity contribution < 1.29 is 22.7 Å². The predicted octanol–water partition coefficient (Wildman–Crippen LogP) is 5.91. The van der Waals surface area contributed by atoms with Crippen molar-refractivity contribution in [3.05, 3.63) is 114 Å². The fraction of sp³-hybridized carbons (Fsp3) is 0.0690. The molecule has 0 bridgehead atoms. The van der Waals surface area contributed by atoms with Crippen molar-refractivity contribution in [2.45, 2.75) is 16.7 Å². The van der Waals surface area contributed by atoms with Gasteiger partial charge >= 0.3 is 0 Å². The summed E-state index contributed by atoms with van der Waals surface area (Å²) in [4.78, 5) is 11.9. The normalized spacial score (nSPS) is 10.8. The maximum Gasteiger partial charge on any atom is 0.206 e. The average molecular weight is 498 g/mol. The minimum atomic E-state index is -3.67. The van der Waals surface area contributed by atoms with Crippen LogP contribution in [0.1, 0.15) is 16.7 Å². The van der Waals surface area contributed by atoms with Gasteiger partial charge in [0.25, 0.3) is 0 Å². The lowest BCUT2D eigenvalue weighted by Crippen LogP contribution is -2.03. The molecule has 4 aromatic rings. The van der Waals surface area contributed by atoms with Crippen LogP contribution in [0.4, 0.5) is 0 Å². The Hall–Kier alpha value is -4.45. The first-order valence-electron chi connectivity index (χ1n) is 11.0. The van der Waals surface area contributed by atoms with E-state index in [9.17, 15) is 13.2 Å². The maximum atomic E-state index is 12.9. The number of ether oxygens (including phenoxy) is 2. The predicted molar refractivity (Wildman–Crippen MR) is 139 cm³/mol. The van der Waals surface area contributed by atoms with E-state index in [0.717, 1.165) is 5.56 Å². The Kier molecular flexibility index (Phi) is 7.15. The molecule has 0 amide bonds. The number of methoxy groups -OCH3 is 1. The lowest BCUT2D eigenvalue weighted by atomic mass is 9.96. The zero-order valence-electron chi connectivity index (χ0n) is 19.7. The number of nitrogens with one attached hydrogen (secondary N) is 1. The molecule has 180 valence electrons. The molecule has 0 fully saturated rings. The largest absolute Gasteiger partial charge is 0.497 e. The monoisotopic (exact) mass is 497 g/mol. The van der Waals surface area contributed by atoms with E-state index in [1.54, 1.807) is 60.7 Å². The second-order valence-electron chi connectivity index (χ2n) is 7.99. The first-order valence-corrected chi connectivity index (χ1v) is 12.5. The van der Waals surface area contributed by atoms with Crippen molar-refractivity contribution in [1.29, 1.82) is 5.41 Å². The third-order valence-corrected chi connectivity index (χ3v) is 7.36. The molecule has 4 aromatic carbocycles. The lowest BCUT2D eigenvalue weighted by molar-refractivity contribution is 0.414. The van der Waals surface area contributed by atoms with Crippen LogP contribution < -0.4 is 9.47 Å². The van der Waals surface area contributed by atoms with Gasteiger partial charge in [0.15, 0.2) is 0 Å². The molecule has 0 saturated carbocycles. The number of hydrogen-bond acceptors (Lipinski definition) is 6. The van der Waals surface area contributed by atoms with Crippen LogP contribution in [0.5, 0.6) is 17.2 Å². The second-order valence-corrected chi connectivity index (χ2v) is 9.94. The average Bonchev–Trinajstić information content (AvgIpc) is 2.91. The van der Waals surface area contributed by atoms with Crippen LogP contribution in [-0.2, 0) is 14.6 Å². The van der Waals surface area contributed by atoms with E-state index in [2.05, 4.69) is 0 Å². The van der Waals surface area contributed by atoms with Crippen LogP contribution in [0, 0.1) is 12.3 Å². The van der Waals surface area contributed by atoms with Crippen LogP contribution in [0.15, 0.2) is 107 Å². The van der Waals surface area contributed by atoms with Gasteiger partial charge in [0.1, 0.15) is 23.2 Å².